The summed E-state index contributed by atoms with van der Waals surface area (Å²) in [5.41, 5.74) is -0.576. The van der Waals surface area contributed by atoms with E-state index in [1.165, 1.54) is 0 Å². The third-order valence-electron chi connectivity index (χ3n) is 1.20. The van der Waals surface area contributed by atoms with Crippen molar-refractivity contribution in [2.24, 2.45) is 0 Å². The Kier molecular flexibility index (Phi) is 5.67. The standard InChI is InChI=1S/C9H16N2O4/c1-9(2,3)15-11(8(12)13)5-7-14-6-4-10/h5-7H2,1-3H3,(H,12,13). The highest BCUT2D eigenvalue weighted by molar-refractivity contribution is 5.63. The fraction of sp³-hybridized carbons (Fsp3) is 0.778. The van der Waals surface area contributed by atoms with Gasteiger partial charge in [0.2, 0.25) is 0 Å². The number of rotatable bonds is 5. The summed E-state index contributed by atoms with van der Waals surface area (Å²) in [7, 11) is 0. The maximum atomic E-state index is 10.7. The van der Waals surface area contributed by atoms with Crippen LogP contribution in [-0.4, -0.2) is 41.6 Å². The van der Waals surface area contributed by atoms with Gasteiger partial charge in [-0.15, -0.1) is 0 Å². The van der Waals surface area contributed by atoms with Crippen molar-refractivity contribution in [1.82, 2.24) is 5.06 Å². The van der Waals surface area contributed by atoms with Gasteiger partial charge in [-0.3, -0.25) is 4.84 Å². The second kappa shape index (κ2) is 6.22. The lowest BCUT2D eigenvalue weighted by Crippen LogP contribution is -2.39. The molecule has 1 N–H and O–H groups in total. The minimum atomic E-state index is -1.18. The van der Waals surface area contributed by atoms with Gasteiger partial charge in [-0.25, -0.2) is 4.79 Å². The molecule has 6 nitrogen and oxygen atoms in total. The maximum Gasteiger partial charge on any atom is 0.431 e. The van der Waals surface area contributed by atoms with Crippen molar-refractivity contribution in [1.29, 1.82) is 5.26 Å². The van der Waals surface area contributed by atoms with Gasteiger partial charge in [0.15, 0.2) is 0 Å². The molecule has 0 atom stereocenters. The largest absolute Gasteiger partial charge is 0.463 e. The van der Waals surface area contributed by atoms with E-state index in [0.29, 0.717) is 0 Å². The molecule has 0 aromatic heterocycles. The summed E-state index contributed by atoms with van der Waals surface area (Å²) >= 11 is 0. The summed E-state index contributed by atoms with van der Waals surface area (Å²) in [6, 6.07) is 1.79. The molecule has 0 aromatic carbocycles. The highest BCUT2D eigenvalue weighted by Gasteiger charge is 2.20. The molecule has 0 fully saturated rings. The summed E-state index contributed by atoms with van der Waals surface area (Å²) in [5, 5.41) is 17.8. The first-order valence-electron chi connectivity index (χ1n) is 4.51. The van der Waals surface area contributed by atoms with Crippen LogP contribution >= 0.6 is 0 Å². The SMILES string of the molecule is CC(C)(C)ON(CCOCC#N)C(=O)O. The Morgan fingerprint density at radius 1 is 1.53 bits per heavy atom. The van der Waals surface area contributed by atoms with Crippen LogP contribution in [-0.2, 0) is 9.57 Å². The van der Waals surface area contributed by atoms with E-state index in [1.54, 1.807) is 26.8 Å². The number of carboxylic acid groups (broad SMARTS) is 1. The van der Waals surface area contributed by atoms with Crippen LogP contribution in [0.3, 0.4) is 0 Å². The zero-order chi connectivity index (χ0) is 11.9. The molecule has 1 amide bonds. The Bertz CT molecular complexity index is 241. The number of ether oxygens (including phenoxy) is 1. The van der Waals surface area contributed by atoms with Crippen LogP contribution in [0.25, 0.3) is 0 Å². The Labute approximate surface area is 88.9 Å². The van der Waals surface area contributed by atoms with E-state index in [4.69, 9.17) is 19.9 Å². The van der Waals surface area contributed by atoms with Crippen LogP contribution in [0.4, 0.5) is 4.79 Å². The minimum Gasteiger partial charge on any atom is -0.463 e. The molecule has 0 aromatic rings. The fourth-order valence-corrected chi connectivity index (χ4v) is 0.776. The van der Waals surface area contributed by atoms with E-state index in [9.17, 15) is 4.79 Å². The van der Waals surface area contributed by atoms with E-state index in [-0.39, 0.29) is 19.8 Å². The predicted octanol–water partition coefficient (Wildman–Crippen LogP) is 1.24. The van der Waals surface area contributed by atoms with E-state index >= 15 is 0 Å². The van der Waals surface area contributed by atoms with Crippen molar-refractivity contribution in [3.05, 3.63) is 0 Å². The molecule has 0 aliphatic rings. The van der Waals surface area contributed by atoms with Crippen LogP contribution < -0.4 is 0 Å². The van der Waals surface area contributed by atoms with Crippen molar-refractivity contribution in [2.45, 2.75) is 26.4 Å². The highest BCUT2D eigenvalue weighted by atomic mass is 16.7. The average Bonchev–Trinajstić information content (AvgIpc) is 2.08. The molecular weight excluding hydrogens is 200 g/mol. The first-order chi connectivity index (χ1) is 6.87. The van der Waals surface area contributed by atoms with Gasteiger partial charge in [-0.2, -0.15) is 10.3 Å². The number of hydroxylamine groups is 2. The van der Waals surface area contributed by atoms with Crippen LogP contribution in [0.15, 0.2) is 0 Å². The molecule has 0 saturated heterocycles. The second-order valence-corrected chi connectivity index (χ2v) is 3.80. The third kappa shape index (κ3) is 7.73. The summed E-state index contributed by atoms with van der Waals surface area (Å²) < 4.78 is 4.83. The molecule has 0 unspecified atom stereocenters. The minimum absolute atomic E-state index is 0.0526. The molecule has 86 valence electrons. The summed E-state index contributed by atoms with van der Waals surface area (Å²) in [5.74, 6) is 0. The van der Waals surface area contributed by atoms with Crippen molar-refractivity contribution in [2.75, 3.05) is 19.8 Å². The Hall–Kier alpha value is -1.32. The monoisotopic (exact) mass is 216 g/mol. The fourth-order valence-electron chi connectivity index (χ4n) is 0.776. The van der Waals surface area contributed by atoms with Gasteiger partial charge in [0.05, 0.1) is 24.8 Å². The zero-order valence-electron chi connectivity index (χ0n) is 9.19. The highest BCUT2D eigenvalue weighted by Crippen LogP contribution is 2.10. The first kappa shape index (κ1) is 13.7. The smallest absolute Gasteiger partial charge is 0.431 e. The molecule has 15 heavy (non-hydrogen) atoms. The molecule has 0 aliphatic carbocycles. The lowest BCUT2D eigenvalue weighted by Gasteiger charge is -2.27. The van der Waals surface area contributed by atoms with Gasteiger partial charge < -0.3 is 9.84 Å². The van der Waals surface area contributed by atoms with E-state index in [2.05, 4.69) is 0 Å². The Balaban J connectivity index is 3.96. The second-order valence-electron chi connectivity index (χ2n) is 3.80. The number of hydrogen-bond acceptors (Lipinski definition) is 4. The molecule has 0 saturated carbocycles. The Morgan fingerprint density at radius 3 is 2.53 bits per heavy atom. The van der Waals surface area contributed by atoms with Crippen LogP contribution in [0, 0.1) is 11.3 Å². The van der Waals surface area contributed by atoms with E-state index < -0.39 is 11.7 Å². The predicted molar refractivity (Wildman–Crippen MR) is 52.0 cm³/mol. The lowest BCUT2D eigenvalue weighted by atomic mass is 10.2. The van der Waals surface area contributed by atoms with Crippen molar-refractivity contribution >= 4 is 6.09 Å². The zero-order valence-corrected chi connectivity index (χ0v) is 9.19. The van der Waals surface area contributed by atoms with Gasteiger partial charge in [0, 0.05) is 0 Å². The molecule has 6 heteroatoms. The van der Waals surface area contributed by atoms with Crippen LogP contribution in [0.5, 0.6) is 0 Å². The van der Waals surface area contributed by atoms with Crippen molar-refractivity contribution < 1.29 is 19.5 Å². The number of nitrogens with zero attached hydrogens (tertiary/aromatic N) is 2. The quantitative estimate of drug-likeness (QED) is 0.552. The molecule has 0 heterocycles. The number of nitriles is 1. The molecule has 0 spiro atoms. The summed E-state index contributed by atoms with van der Waals surface area (Å²) in [6.45, 7) is 5.41. The van der Waals surface area contributed by atoms with E-state index in [0.717, 1.165) is 5.06 Å². The van der Waals surface area contributed by atoms with Gasteiger partial charge in [-0.1, -0.05) is 0 Å². The maximum absolute atomic E-state index is 10.7. The van der Waals surface area contributed by atoms with Crippen molar-refractivity contribution in [3.8, 4) is 6.07 Å². The van der Waals surface area contributed by atoms with Gasteiger partial charge >= 0.3 is 6.09 Å². The van der Waals surface area contributed by atoms with Gasteiger partial charge in [0.1, 0.15) is 6.61 Å². The third-order valence-corrected chi connectivity index (χ3v) is 1.20. The molecule has 0 bridgehead atoms. The topological polar surface area (TPSA) is 82.8 Å². The number of amides is 1. The van der Waals surface area contributed by atoms with Crippen molar-refractivity contribution in [3.63, 3.8) is 0 Å². The normalized spacial score (nSPS) is 10.8. The molecule has 0 aliphatic heterocycles. The molecule has 0 rings (SSSR count). The molecule has 0 radical (unpaired) electrons. The first-order valence-corrected chi connectivity index (χ1v) is 4.51. The number of hydrogen-bond donors (Lipinski definition) is 1. The lowest BCUT2D eigenvalue weighted by molar-refractivity contribution is -0.206. The van der Waals surface area contributed by atoms with E-state index in [1.807, 2.05) is 0 Å². The number of carbonyl (C=O) groups is 1. The molecular formula is C9H16N2O4. The van der Waals surface area contributed by atoms with Gasteiger partial charge in [-0.05, 0) is 20.8 Å². The van der Waals surface area contributed by atoms with Crippen LogP contribution in [0.1, 0.15) is 20.8 Å². The van der Waals surface area contributed by atoms with Crippen LogP contribution in [0.2, 0.25) is 0 Å². The average molecular weight is 216 g/mol. The Morgan fingerprint density at radius 2 is 2.13 bits per heavy atom. The summed E-state index contributed by atoms with van der Waals surface area (Å²) in [4.78, 5) is 15.9. The van der Waals surface area contributed by atoms with Gasteiger partial charge in [0.25, 0.3) is 0 Å². The summed E-state index contributed by atoms with van der Waals surface area (Å²) in [6.07, 6.45) is -1.18.